The summed E-state index contributed by atoms with van der Waals surface area (Å²) in [5, 5.41) is 7.61. The fourth-order valence-electron chi connectivity index (χ4n) is 3.21. The molecule has 4 heteroatoms. The number of allylic oxidation sites excluding steroid dienone is 1. The van der Waals surface area contributed by atoms with Crippen LogP contribution in [-0.2, 0) is 6.42 Å². The largest absolute Gasteiger partial charge is 0.489 e. The van der Waals surface area contributed by atoms with E-state index in [4.69, 9.17) is 15.9 Å². The predicted molar refractivity (Wildman–Crippen MR) is 91.8 cm³/mol. The molecule has 2 aliphatic rings. The Hall–Kier alpha value is -1.97. The molecule has 1 aliphatic carbocycles. The molecule has 1 heterocycles. The van der Waals surface area contributed by atoms with Crippen molar-refractivity contribution in [1.82, 2.24) is 0 Å². The van der Waals surface area contributed by atoms with Crippen LogP contribution < -0.4 is 15.4 Å². The Morgan fingerprint density at radius 2 is 2.14 bits per heavy atom. The first-order valence-corrected chi connectivity index (χ1v) is 8.13. The number of fused-ring (bicyclic) bond motifs is 1. The highest BCUT2D eigenvalue weighted by Gasteiger charge is 2.28. The molecule has 1 aliphatic heterocycles. The van der Waals surface area contributed by atoms with Gasteiger partial charge in [0, 0.05) is 47.9 Å². The zero-order chi connectivity index (χ0) is 15.7. The standard InChI is InChI=1S/C18H25N3O/c1-12-6-7-16-17(21(12)2)9-8-15(13(10-19)11-20)18(16)22-14-4-3-5-14/h8-12,14,19H,3-7,20H2,1-2H3/b13-11+,19-10?. The maximum atomic E-state index is 7.61. The molecule has 0 spiro atoms. The SMILES string of the molecule is CC1CCc2c(ccc(/C(C=N)=C/N)c2OC2CCC2)N1C. The van der Waals surface area contributed by atoms with E-state index in [0.717, 1.165) is 42.6 Å². The molecule has 3 N–H and O–H groups in total. The van der Waals surface area contributed by atoms with Gasteiger partial charge in [0.1, 0.15) is 5.75 Å². The van der Waals surface area contributed by atoms with Gasteiger partial charge in [-0.3, -0.25) is 0 Å². The van der Waals surface area contributed by atoms with Crippen LogP contribution in [0.1, 0.15) is 43.7 Å². The van der Waals surface area contributed by atoms with Crippen molar-refractivity contribution in [2.75, 3.05) is 11.9 Å². The van der Waals surface area contributed by atoms with Crippen LogP contribution >= 0.6 is 0 Å². The molecule has 22 heavy (non-hydrogen) atoms. The Morgan fingerprint density at radius 3 is 2.73 bits per heavy atom. The number of nitrogens with one attached hydrogen (secondary N) is 1. The highest BCUT2D eigenvalue weighted by Crippen LogP contribution is 2.42. The van der Waals surface area contributed by atoms with Gasteiger partial charge >= 0.3 is 0 Å². The number of rotatable bonds is 4. The molecule has 3 rings (SSSR count). The van der Waals surface area contributed by atoms with Crippen LogP contribution in [0.3, 0.4) is 0 Å². The van der Waals surface area contributed by atoms with E-state index in [-0.39, 0.29) is 0 Å². The molecule has 0 aromatic heterocycles. The number of nitrogens with zero attached hydrogens (tertiary/aromatic N) is 1. The van der Waals surface area contributed by atoms with Crippen molar-refractivity contribution in [2.45, 2.75) is 51.2 Å². The Bertz CT molecular complexity index is 605. The average Bonchev–Trinajstić information content (AvgIpc) is 2.48. The Kier molecular flexibility index (Phi) is 4.10. The van der Waals surface area contributed by atoms with Gasteiger partial charge in [-0.2, -0.15) is 0 Å². The van der Waals surface area contributed by atoms with Gasteiger partial charge < -0.3 is 20.8 Å². The minimum absolute atomic E-state index is 0.319. The number of benzene rings is 1. The number of hydrogen-bond acceptors (Lipinski definition) is 4. The van der Waals surface area contributed by atoms with Crippen molar-refractivity contribution in [3.8, 4) is 5.75 Å². The molecule has 1 fully saturated rings. The summed E-state index contributed by atoms with van der Waals surface area (Å²) in [6.07, 6.45) is 8.77. The van der Waals surface area contributed by atoms with Crippen molar-refractivity contribution in [3.63, 3.8) is 0 Å². The van der Waals surface area contributed by atoms with Gasteiger partial charge in [-0.15, -0.1) is 0 Å². The molecule has 0 saturated heterocycles. The Morgan fingerprint density at radius 1 is 1.36 bits per heavy atom. The smallest absolute Gasteiger partial charge is 0.132 e. The van der Waals surface area contributed by atoms with Gasteiger partial charge in [0.15, 0.2) is 0 Å². The molecular weight excluding hydrogens is 274 g/mol. The van der Waals surface area contributed by atoms with E-state index < -0.39 is 0 Å². The number of ether oxygens (including phenoxy) is 1. The van der Waals surface area contributed by atoms with Crippen molar-refractivity contribution in [2.24, 2.45) is 5.73 Å². The molecule has 1 unspecified atom stereocenters. The van der Waals surface area contributed by atoms with Crippen LogP contribution in [0.4, 0.5) is 5.69 Å². The molecule has 0 bridgehead atoms. The maximum Gasteiger partial charge on any atom is 0.132 e. The lowest BCUT2D eigenvalue weighted by molar-refractivity contribution is 0.118. The van der Waals surface area contributed by atoms with Crippen LogP contribution in [0.5, 0.6) is 5.75 Å². The van der Waals surface area contributed by atoms with Crippen molar-refractivity contribution >= 4 is 17.5 Å². The van der Waals surface area contributed by atoms with Gasteiger partial charge in [0.05, 0.1) is 6.10 Å². The molecule has 0 amide bonds. The number of anilines is 1. The Balaban J connectivity index is 2.09. The fourth-order valence-corrected chi connectivity index (χ4v) is 3.21. The molecular formula is C18H25N3O. The second-order valence-corrected chi connectivity index (χ2v) is 6.38. The second-order valence-electron chi connectivity index (χ2n) is 6.38. The normalized spacial score (nSPS) is 22.0. The van der Waals surface area contributed by atoms with Crippen LogP contribution in [-0.4, -0.2) is 25.4 Å². The summed E-state index contributed by atoms with van der Waals surface area (Å²) in [6.45, 7) is 2.26. The minimum Gasteiger partial charge on any atom is -0.489 e. The summed E-state index contributed by atoms with van der Waals surface area (Å²) < 4.78 is 6.32. The summed E-state index contributed by atoms with van der Waals surface area (Å²) >= 11 is 0. The number of hydrogen-bond donors (Lipinski definition) is 2. The molecule has 4 nitrogen and oxygen atoms in total. The van der Waals surface area contributed by atoms with Crippen LogP contribution in [0, 0.1) is 5.41 Å². The third-order valence-corrected chi connectivity index (χ3v) is 5.07. The molecule has 118 valence electrons. The van der Waals surface area contributed by atoms with E-state index in [2.05, 4.69) is 24.9 Å². The van der Waals surface area contributed by atoms with Crippen LogP contribution in [0.25, 0.3) is 5.57 Å². The lowest BCUT2D eigenvalue weighted by Gasteiger charge is -2.37. The van der Waals surface area contributed by atoms with Gasteiger partial charge in [-0.25, -0.2) is 0 Å². The Labute approximate surface area is 132 Å². The maximum absolute atomic E-state index is 7.61. The lowest BCUT2D eigenvalue weighted by Crippen LogP contribution is -2.34. The van der Waals surface area contributed by atoms with Gasteiger partial charge in [0.2, 0.25) is 0 Å². The summed E-state index contributed by atoms with van der Waals surface area (Å²) in [5.41, 5.74) is 9.90. The zero-order valence-corrected chi connectivity index (χ0v) is 13.4. The molecule has 1 saturated carbocycles. The van der Waals surface area contributed by atoms with Crippen molar-refractivity contribution in [3.05, 3.63) is 29.5 Å². The first kappa shape index (κ1) is 14.9. The van der Waals surface area contributed by atoms with Crippen LogP contribution in [0.2, 0.25) is 0 Å². The molecule has 0 radical (unpaired) electrons. The molecule has 1 aromatic carbocycles. The lowest BCUT2D eigenvalue weighted by atomic mass is 9.91. The van der Waals surface area contributed by atoms with E-state index in [0.29, 0.717) is 12.1 Å². The summed E-state index contributed by atoms with van der Waals surface area (Å²) in [5.74, 6) is 0.946. The summed E-state index contributed by atoms with van der Waals surface area (Å²) in [7, 11) is 2.14. The second kappa shape index (κ2) is 6.03. The minimum atomic E-state index is 0.319. The third kappa shape index (κ3) is 2.47. The highest BCUT2D eigenvalue weighted by molar-refractivity contribution is 6.09. The third-order valence-electron chi connectivity index (χ3n) is 5.07. The summed E-state index contributed by atoms with van der Waals surface area (Å²) in [4.78, 5) is 2.33. The van der Waals surface area contributed by atoms with E-state index in [1.807, 2.05) is 6.07 Å². The summed E-state index contributed by atoms with van der Waals surface area (Å²) in [6, 6.07) is 4.73. The number of nitrogens with two attached hydrogens (primary N) is 1. The van der Waals surface area contributed by atoms with Gasteiger partial charge in [-0.05, 0) is 51.2 Å². The first-order valence-electron chi connectivity index (χ1n) is 8.13. The van der Waals surface area contributed by atoms with Crippen LogP contribution in [0.15, 0.2) is 18.3 Å². The zero-order valence-electron chi connectivity index (χ0n) is 13.4. The van der Waals surface area contributed by atoms with E-state index in [1.54, 1.807) is 0 Å². The first-order chi connectivity index (χ1) is 10.7. The quantitative estimate of drug-likeness (QED) is 0.838. The molecule has 1 aromatic rings. The molecule has 1 atom stereocenters. The van der Waals surface area contributed by atoms with E-state index >= 15 is 0 Å². The van der Waals surface area contributed by atoms with Crippen molar-refractivity contribution < 1.29 is 4.74 Å². The monoisotopic (exact) mass is 299 g/mol. The van der Waals surface area contributed by atoms with Crippen molar-refractivity contribution in [1.29, 1.82) is 5.41 Å². The topological polar surface area (TPSA) is 62.3 Å². The van der Waals surface area contributed by atoms with E-state index in [9.17, 15) is 0 Å². The van der Waals surface area contributed by atoms with Gasteiger partial charge in [0.25, 0.3) is 0 Å². The average molecular weight is 299 g/mol. The fraction of sp³-hybridized carbons (Fsp3) is 0.500. The predicted octanol–water partition coefficient (Wildman–Crippen LogP) is 3.34. The van der Waals surface area contributed by atoms with Gasteiger partial charge in [-0.1, -0.05) is 0 Å². The highest BCUT2D eigenvalue weighted by atomic mass is 16.5. The van der Waals surface area contributed by atoms with E-state index in [1.165, 1.54) is 30.1 Å².